The van der Waals surface area contributed by atoms with Gasteiger partial charge in [0.25, 0.3) is 0 Å². The summed E-state index contributed by atoms with van der Waals surface area (Å²) in [5, 5.41) is 9.83. The molecule has 1 aromatic rings. The molecule has 0 bridgehead atoms. The van der Waals surface area contributed by atoms with E-state index >= 15 is 0 Å². The number of phenols is 1. The molecule has 0 unspecified atom stereocenters. The Morgan fingerprint density at radius 2 is 1.75 bits per heavy atom. The first-order valence-corrected chi connectivity index (χ1v) is 5.68. The number of hydrogen-bond acceptors (Lipinski definition) is 3. The molecule has 0 aliphatic carbocycles. The molecule has 0 aromatic heterocycles. The zero-order valence-electron chi connectivity index (χ0n) is 9.88. The highest BCUT2D eigenvalue weighted by Crippen LogP contribution is 2.38. The number of benzene rings is 1. The van der Waals surface area contributed by atoms with Gasteiger partial charge in [0.05, 0.1) is 12.2 Å². The molecule has 1 N–H and O–H groups in total. The van der Waals surface area contributed by atoms with Crippen molar-refractivity contribution < 1.29 is 14.6 Å². The zero-order chi connectivity index (χ0) is 11.7. The standard InChI is InChI=1S/C13H18O3/c1-8-9(2)15-10(3)16-13(8)11-6-4-5-7-12(11)14/h4-10,13-14H,1-3H3/t8-,9-,10+,13+/m1/s1. The van der Waals surface area contributed by atoms with Gasteiger partial charge in [0.15, 0.2) is 6.29 Å². The van der Waals surface area contributed by atoms with Gasteiger partial charge in [-0.1, -0.05) is 25.1 Å². The summed E-state index contributed by atoms with van der Waals surface area (Å²) < 4.78 is 11.3. The predicted molar refractivity (Wildman–Crippen MR) is 61.1 cm³/mol. The van der Waals surface area contributed by atoms with Gasteiger partial charge in [0, 0.05) is 11.5 Å². The van der Waals surface area contributed by atoms with Crippen molar-refractivity contribution in [2.24, 2.45) is 5.92 Å². The minimum atomic E-state index is -0.226. The molecule has 1 aliphatic heterocycles. The molecule has 3 nitrogen and oxygen atoms in total. The Bertz CT molecular complexity index is 364. The van der Waals surface area contributed by atoms with E-state index in [9.17, 15) is 5.11 Å². The van der Waals surface area contributed by atoms with Crippen molar-refractivity contribution in [2.75, 3.05) is 0 Å². The van der Waals surface area contributed by atoms with Gasteiger partial charge < -0.3 is 14.6 Å². The predicted octanol–water partition coefficient (Wildman–Crippen LogP) is 2.85. The maximum absolute atomic E-state index is 9.83. The van der Waals surface area contributed by atoms with Gasteiger partial charge in [-0.25, -0.2) is 0 Å². The maximum atomic E-state index is 9.83. The van der Waals surface area contributed by atoms with E-state index in [2.05, 4.69) is 6.92 Å². The molecule has 0 spiro atoms. The van der Waals surface area contributed by atoms with E-state index < -0.39 is 0 Å². The molecule has 88 valence electrons. The van der Waals surface area contributed by atoms with Crippen LogP contribution in [0, 0.1) is 5.92 Å². The van der Waals surface area contributed by atoms with Crippen molar-refractivity contribution in [3.8, 4) is 5.75 Å². The van der Waals surface area contributed by atoms with Crippen LogP contribution < -0.4 is 0 Å². The molecule has 1 fully saturated rings. The van der Waals surface area contributed by atoms with Crippen LogP contribution in [0.2, 0.25) is 0 Å². The lowest BCUT2D eigenvalue weighted by Crippen LogP contribution is -2.37. The summed E-state index contributed by atoms with van der Waals surface area (Å²) in [6, 6.07) is 7.32. The van der Waals surface area contributed by atoms with Crippen LogP contribution in [0.1, 0.15) is 32.4 Å². The van der Waals surface area contributed by atoms with E-state index in [1.807, 2.05) is 32.0 Å². The van der Waals surface area contributed by atoms with Crippen molar-refractivity contribution >= 4 is 0 Å². The summed E-state index contributed by atoms with van der Waals surface area (Å²) in [4.78, 5) is 0. The number of hydrogen-bond donors (Lipinski definition) is 1. The smallest absolute Gasteiger partial charge is 0.156 e. The maximum Gasteiger partial charge on any atom is 0.156 e. The Kier molecular flexibility index (Phi) is 3.17. The molecule has 4 atom stereocenters. The Morgan fingerprint density at radius 3 is 2.44 bits per heavy atom. The first kappa shape index (κ1) is 11.4. The number of aromatic hydroxyl groups is 1. The van der Waals surface area contributed by atoms with Gasteiger partial charge in [-0.05, 0) is 19.9 Å². The van der Waals surface area contributed by atoms with Crippen LogP contribution in [0.15, 0.2) is 24.3 Å². The second kappa shape index (κ2) is 4.44. The van der Waals surface area contributed by atoms with Crippen molar-refractivity contribution in [1.82, 2.24) is 0 Å². The third-order valence-corrected chi connectivity index (χ3v) is 3.21. The summed E-state index contributed by atoms with van der Waals surface area (Å²) in [7, 11) is 0. The molecular formula is C13H18O3. The normalized spacial score (nSPS) is 34.9. The number of rotatable bonds is 1. The Balaban J connectivity index is 2.29. The average Bonchev–Trinajstić information content (AvgIpc) is 2.24. The van der Waals surface area contributed by atoms with Crippen LogP contribution >= 0.6 is 0 Å². The highest BCUT2D eigenvalue weighted by molar-refractivity contribution is 5.34. The van der Waals surface area contributed by atoms with E-state index in [0.29, 0.717) is 5.75 Å². The summed E-state index contributed by atoms with van der Waals surface area (Å²) >= 11 is 0. The minimum Gasteiger partial charge on any atom is -0.508 e. The lowest BCUT2D eigenvalue weighted by molar-refractivity contribution is -0.256. The van der Waals surface area contributed by atoms with Crippen LogP contribution in [0.3, 0.4) is 0 Å². The lowest BCUT2D eigenvalue weighted by atomic mass is 9.91. The Morgan fingerprint density at radius 1 is 1.06 bits per heavy atom. The first-order valence-electron chi connectivity index (χ1n) is 5.68. The molecule has 1 aliphatic rings. The molecule has 2 rings (SSSR count). The van der Waals surface area contributed by atoms with Gasteiger partial charge in [-0.15, -0.1) is 0 Å². The summed E-state index contributed by atoms with van der Waals surface area (Å²) in [5.74, 6) is 0.519. The Hall–Kier alpha value is -1.06. The highest BCUT2D eigenvalue weighted by Gasteiger charge is 2.34. The fraction of sp³-hybridized carbons (Fsp3) is 0.538. The van der Waals surface area contributed by atoms with Crippen LogP contribution in [0.5, 0.6) is 5.75 Å². The van der Waals surface area contributed by atoms with E-state index in [0.717, 1.165) is 5.56 Å². The Labute approximate surface area is 96.0 Å². The van der Waals surface area contributed by atoms with Crippen molar-refractivity contribution in [3.05, 3.63) is 29.8 Å². The second-order valence-electron chi connectivity index (χ2n) is 4.38. The summed E-state index contributed by atoms with van der Waals surface area (Å²) in [6.07, 6.45) is -0.191. The first-order chi connectivity index (χ1) is 7.59. The quantitative estimate of drug-likeness (QED) is 0.794. The van der Waals surface area contributed by atoms with Gasteiger partial charge >= 0.3 is 0 Å². The average molecular weight is 222 g/mol. The fourth-order valence-corrected chi connectivity index (χ4v) is 2.12. The van der Waals surface area contributed by atoms with Gasteiger partial charge in [-0.2, -0.15) is 0 Å². The SMILES string of the molecule is C[C@@H]1O[C@H](c2ccccc2O)[C@H](C)[C@@H](C)O1. The molecule has 16 heavy (non-hydrogen) atoms. The molecular weight excluding hydrogens is 204 g/mol. The topological polar surface area (TPSA) is 38.7 Å². The molecule has 0 radical (unpaired) electrons. The van der Waals surface area contributed by atoms with E-state index in [-0.39, 0.29) is 24.4 Å². The molecule has 1 heterocycles. The second-order valence-corrected chi connectivity index (χ2v) is 4.38. The monoisotopic (exact) mass is 222 g/mol. The summed E-state index contributed by atoms with van der Waals surface area (Å²) in [5.41, 5.74) is 0.844. The van der Waals surface area contributed by atoms with Crippen LogP contribution in [0.4, 0.5) is 0 Å². The highest BCUT2D eigenvalue weighted by atomic mass is 16.7. The lowest BCUT2D eigenvalue weighted by Gasteiger charge is -2.38. The van der Waals surface area contributed by atoms with E-state index in [1.54, 1.807) is 6.07 Å². The molecule has 3 heteroatoms. The molecule has 1 saturated heterocycles. The third kappa shape index (κ3) is 2.06. The van der Waals surface area contributed by atoms with Crippen molar-refractivity contribution in [1.29, 1.82) is 0 Å². The van der Waals surface area contributed by atoms with Gasteiger partial charge in [0.1, 0.15) is 5.75 Å². The third-order valence-electron chi connectivity index (χ3n) is 3.21. The van der Waals surface area contributed by atoms with Gasteiger partial charge in [-0.3, -0.25) is 0 Å². The van der Waals surface area contributed by atoms with Crippen molar-refractivity contribution in [2.45, 2.75) is 39.3 Å². The van der Waals surface area contributed by atoms with Crippen LogP contribution in [0.25, 0.3) is 0 Å². The largest absolute Gasteiger partial charge is 0.508 e. The summed E-state index contributed by atoms with van der Waals surface area (Å²) in [6.45, 7) is 6.00. The van der Waals surface area contributed by atoms with Gasteiger partial charge in [0.2, 0.25) is 0 Å². The minimum absolute atomic E-state index is 0.0973. The number of phenolic OH excluding ortho intramolecular Hbond substituents is 1. The number of ether oxygens (including phenoxy) is 2. The van der Waals surface area contributed by atoms with Crippen LogP contribution in [-0.4, -0.2) is 17.5 Å². The van der Waals surface area contributed by atoms with Crippen LogP contribution in [-0.2, 0) is 9.47 Å². The van der Waals surface area contributed by atoms with Crippen molar-refractivity contribution in [3.63, 3.8) is 0 Å². The van der Waals surface area contributed by atoms with E-state index in [4.69, 9.17) is 9.47 Å². The van der Waals surface area contributed by atoms with E-state index in [1.165, 1.54) is 0 Å². The molecule has 1 aromatic carbocycles. The zero-order valence-corrected chi connectivity index (χ0v) is 9.88. The fourth-order valence-electron chi connectivity index (χ4n) is 2.12. The number of para-hydroxylation sites is 1. The molecule has 0 amide bonds. The molecule has 0 saturated carbocycles.